The predicted octanol–water partition coefficient (Wildman–Crippen LogP) is 1.47. The van der Waals surface area contributed by atoms with Crippen molar-refractivity contribution in [2.75, 3.05) is 27.2 Å². The first kappa shape index (κ1) is 16.0. The minimum absolute atomic E-state index is 0.285. The Bertz CT molecular complexity index is 619. The van der Waals surface area contributed by atoms with Crippen LogP contribution in [0.4, 0.5) is 0 Å². The maximum Gasteiger partial charge on any atom is 0.242 e. The molecule has 114 valence electrons. The van der Waals surface area contributed by atoms with Crippen LogP contribution in [0.1, 0.15) is 18.4 Å². The molecule has 0 aromatic heterocycles. The van der Waals surface area contributed by atoms with E-state index >= 15 is 0 Å². The summed E-state index contributed by atoms with van der Waals surface area (Å²) < 4.78 is 26.5. The standard InChI is InChI=1S/C15H21N3O2S/c1-17-11-3-4-14(17)12-18(2)21(19,20)15-7-5-13(6-8-15)9-10-16/h5-8,14H,3-4,9,11-12H2,1-2H3. The van der Waals surface area contributed by atoms with E-state index in [1.54, 1.807) is 31.3 Å². The van der Waals surface area contributed by atoms with Gasteiger partial charge >= 0.3 is 0 Å². The van der Waals surface area contributed by atoms with E-state index in [1.165, 1.54) is 4.31 Å². The SMILES string of the molecule is CN1CCCC1CN(C)S(=O)(=O)c1ccc(CC#N)cc1. The van der Waals surface area contributed by atoms with E-state index in [0.29, 0.717) is 19.0 Å². The van der Waals surface area contributed by atoms with Crippen LogP contribution in [0.3, 0.4) is 0 Å². The number of likely N-dealkylation sites (N-methyl/N-ethyl adjacent to an activating group) is 2. The molecule has 0 radical (unpaired) electrons. The minimum atomic E-state index is -3.46. The molecule has 1 aliphatic rings. The highest BCUT2D eigenvalue weighted by Crippen LogP contribution is 2.20. The normalized spacial score (nSPS) is 19.8. The number of likely N-dealkylation sites (tertiary alicyclic amines) is 1. The van der Waals surface area contributed by atoms with Crippen molar-refractivity contribution in [3.8, 4) is 6.07 Å². The molecule has 0 bridgehead atoms. The molecular weight excluding hydrogens is 286 g/mol. The monoisotopic (exact) mass is 307 g/mol. The van der Waals surface area contributed by atoms with Crippen LogP contribution in [-0.2, 0) is 16.4 Å². The van der Waals surface area contributed by atoms with Crippen LogP contribution in [-0.4, -0.2) is 50.8 Å². The van der Waals surface area contributed by atoms with Gasteiger partial charge in [0.05, 0.1) is 17.4 Å². The first-order valence-electron chi connectivity index (χ1n) is 7.07. The third-order valence-electron chi connectivity index (χ3n) is 4.05. The molecule has 5 nitrogen and oxygen atoms in total. The van der Waals surface area contributed by atoms with Gasteiger partial charge in [-0.3, -0.25) is 0 Å². The second kappa shape index (κ2) is 6.56. The van der Waals surface area contributed by atoms with E-state index in [2.05, 4.69) is 11.0 Å². The lowest BCUT2D eigenvalue weighted by molar-refractivity contribution is 0.271. The molecule has 0 aliphatic carbocycles. The zero-order valence-electron chi connectivity index (χ0n) is 12.5. The number of hydrogen-bond acceptors (Lipinski definition) is 4. The van der Waals surface area contributed by atoms with Gasteiger partial charge in [-0.25, -0.2) is 8.42 Å². The highest BCUT2D eigenvalue weighted by molar-refractivity contribution is 7.89. The van der Waals surface area contributed by atoms with Crippen LogP contribution < -0.4 is 0 Å². The summed E-state index contributed by atoms with van der Waals surface area (Å²) in [6.07, 6.45) is 2.46. The van der Waals surface area contributed by atoms with Crippen molar-refractivity contribution < 1.29 is 8.42 Å². The molecule has 1 saturated heterocycles. The van der Waals surface area contributed by atoms with Gasteiger partial charge in [0.1, 0.15) is 0 Å². The third-order valence-corrected chi connectivity index (χ3v) is 5.89. The Hall–Kier alpha value is -1.42. The number of sulfonamides is 1. The average molecular weight is 307 g/mol. The second-order valence-electron chi connectivity index (χ2n) is 5.54. The molecule has 1 aliphatic heterocycles. The lowest BCUT2D eigenvalue weighted by Gasteiger charge is -2.25. The van der Waals surface area contributed by atoms with Crippen molar-refractivity contribution in [1.29, 1.82) is 5.26 Å². The van der Waals surface area contributed by atoms with Crippen molar-refractivity contribution in [3.05, 3.63) is 29.8 Å². The molecule has 1 aromatic carbocycles. The number of nitriles is 1. The zero-order chi connectivity index (χ0) is 15.5. The van der Waals surface area contributed by atoms with E-state index in [1.807, 2.05) is 7.05 Å². The van der Waals surface area contributed by atoms with Crippen LogP contribution in [0.25, 0.3) is 0 Å². The smallest absolute Gasteiger partial charge is 0.242 e. The number of hydrogen-bond donors (Lipinski definition) is 0. The zero-order valence-corrected chi connectivity index (χ0v) is 13.3. The van der Waals surface area contributed by atoms with Crippen molar-refractivity contribution in [2.24, 2.45) is 0 Å². The molecule has 2 rings (SSSR count). The largest absolute Gasteiger partial charge is 0.302 e. The molecule has 1 atom stereocenters. The Morgan fingerprint density at radius 2 is 2.05 bits per heavy atom. The van der Waals surface area contributed by atoms with E-state index in [0.717, 1.165) is 24.9 Å². The molecule has 6 heteroatoms. The highest BCUT2D eigenvalue weighted by Gasteiger charge is 2.27. The summed E-state index contributed by atoms with van der Waals surface area (Å²) in [4.78, 5) is 2.49. The molecule has 0 amide bonds. The summed E-state index contributed by atoms with van der Waals surface area (Å²) in [5.74, 6) is 0. The predicted molar refractivity (Wildman–Crippen MR) is 81.2 cm³/mol. The summed E-state index contributed by atoms with van der Waals surface area (Å²) in [5, 5.41) is 8.64. The van der Waals surface area contributed by atoms with Crippen molar-refractivity contribution in [1.82, 2.24) is 9.21 Å². The van der Waals surface area contributed by atoms with Gasteiger partial charge in [-0.05, 0) is 44.1 Å². The molecule has 21 heavy (non-hydrogen) atoms. The summed E-state index contributed by atoms with van der Waals surface area (Å²) in [7, 11) is 0.208. The maximum absolute atomic E-state index is 12.5. The fourth-order valence-electron chi connectivity index (χ4n) is 2.66. The van der Waals surface area contributed by atoms with E-state index in [-0.39, 0.29) is 4.90 Å². The van der Waals surface area contributed by atoms with Crippen molar-refractivity contribution >= 4 is 10.0 Å². The molecule has 1 aromatic rings. The summed E-state index contributed by atoms with van der Waals surface area (Å²) in [5.41, 5.74) is 0.828. The fourth-order valence-corrected chi connectivity index (χ4v) is 3.86. The molecular formula is C15H21N3O2S. The molecule has 1 heterocycles. The molecule has 1 unspecified atom stereocenters. The molecule has 0 N–H and O–H groups in total. The van der Waals surface area contributed by atoms with Crippen molar-refractivity contribution in [2.45, 2.75) is 30.2 Å². The number of nitrogens with zero attached hydrogens (tertiary/aromatic N) is 3. The van der Waals surface area contributed by atoms with Gasteiger partial charge in [0.2, 0.25) is 10.0 Å². The van der Waals surface area contributed by atoms with Crippen LogP contribution in [0, 0.1) is 11.3 Å². The average Bonchev–Trinajstić information content (AvgIpc) is 2.85. The highest BCUT2D eigenvalue weighted by atomic mass is 32.2. The van der Waals surface area contributed by atoms with Crippen LogP contribution in [0.15, 0.2) is 29.2 Å². The Labute approximate surface area is 126 Å². The molecule has 1 fully saturated rings. The fraction of sp³-hybridized carbons (Fsp3) is 0.533. The van der Waals surface area contributed by atoms with Gasteiger partial charge < -0.3 is 4.90 Å². The Morgan fingerprint density at radius 1 is 1.38 bits per heavy atom. The second-order valence-corrected chi connectivity index (χ2v) is 7.59. The van der Waals surface area contributed by atoms with Gasteiger partial charge in [0.25, 0.3) is 0 Å². The topological polar surface area (TPSA) is 64.4 Å². The summed E-state index contributed by atoms with van der Waals surface area (Å²) >= 11 is 0. The van der Waals surface area contributed by atoms with Crippen LogP contribution in [0.2, 0.25) is 0 Å². The van der Waals surface area contributed by atoms with Gasteiger partial charge in [0.15, 0.2) is 0 Å². The Morgan fingerprint density at radius 3 is 2.57 bits per heavy atom. The number of benzene rings is 1. The minimum Gasteiger partial charge on any atom is -0.302 e. The van der Waals surface area contributed by atoms with Gasteiger partial charge in [0, 0.05) is 19.6 Å². The first-order valence-corrected chi connectivity index (χ1v) is 8.51. The summed E-state index contributed by atoms with van der Waals surface area (Å²) in [6.45, 7) is 1.54. The van der Waals surface area contributed by atoms with E-state index in [4.69, 9.17) is 5.26 Å². The summed E-state index contributed by atoms with van der Waals surface area (Å²) in [6, 6.07) is 8.91. The molecule has 0 saturated carbocycles. The van der Waals surface area contributed by atoms with E-state index < -0.39 is 10.0 Å². The van der Waals surface area contributed by atoms with Crippen LogP contribution in [0.5, 0.6) is 0 Å². The lowest BCUT2D eigenvalue weighted by atomic mass is 10.2. The quantitative estimate of drug-likeness (QED) is 0.826. The van der Waals surface area contributed by atoms with Gasteiger partial charge in [-0.15, -0.1) is 0 Å². The van der Waals surface area contributed by atoms with Gasteiger partial charge in [-0.1, -0.05) is 12.1 Å². The Kier molecular flexibility index (Phi) is 4.99. The first-order chi connectivity index (χ1) is 9.95. The van der Waals surface area contributed by atoms with Crippen molar-refractivity contribution in [3.63, 3.8) is 0 Å². The molecule has 0 spiro atoms. The third kappa shape index (κ3) is 3.62. The Balaban J connectivity index is 2.11. The lowest BCUT2D eigenvalue weighted by Crippen LogP contribution is -2.39. The number of rotatable bonds is 5. The maximum atomic E-state index is 12.5. The van der Waals surface area contributed by atoms with E-state index in [9.17, 15) is 8.42 Å². The van der Waals surface area contributed by atoms with Gasteiger partial charge in [-0.2, -0.15) is 9.57 Å². The van der Waals surface area contributed by atoms with Crippen LogP contribution >= 0.6 is 0 Å².